The fourth-order valence-electron chi connectivity index (χ4n) is 3.12. The lowest BCUT2D eigenvalue weighted by molar-refractivity contribution is -0.0667. The lowest BCUT2D eigenvalue weighted by atomic mass is 9.86. The second-order valence-electron chi connectivity index (χ2n) is 5.76. The van der Waals surface area contributed by atoms with E-state index in [-0.39, 0.29) is 12.0 Å². The molecule has 22 heavy (non-hydrogen) atoms. The second-order valence-corrected chi connectivity index (χ2v) is 5.76. The van der Waals surface area contributed by atoms with Crippen LogP contribution in [0.25, 0.3) is 0 Å². The first kappa shape index (κ1) is 15.1. The molecule has 1 atom stereocenters. The standard InChI is InChI=1S/C15H17F3N2O2/c16-12-4-2-1-3-11(12)15(17,18)19-14(21)22-13-9-20-7-5-10(13)6-8-20/h1-4,10,13H,5-9H2,(H,19,21). The van der Waals surface area contributed by atoms with Crippen LogP contribution in [-0.2, 0) is 10.8 Å². The maximum absolute atomic E-state index is 13.9. The van der Waals surface area contributed by atoms with Crippen LogP contribution in [0.3, 0.4) is 0 Å². The van der Waals surface area contributed by atoms with Crippen molar-refractivity contribution in [3.05, 3.63) is 35.6 Å². The Labute approximate surface area is 126 Å². The van der Waals surface area contributed by atoms with Gasteiger partial charge in [-0.15, -0.1) is 0 Å². The minimum atomic E-state index is -3.81. The highest BCUT2D eigenvalue weighted by molar-refractivity contribution is 5.68. The van der Waals surface area contributed by atoms with Gasteiger partial charge >= 0.3 is 12.1 Å². The molecule has 1 N–H and O–H groups in total. The van der Waals surface area contributed by atoms with Crippen LogP contribution in [0.2, 0.25) is 0 Å². The Bertz CT molecular complexity index is 559. The zero-order chi connectivity index (χ0) is 15.7. The predicted octanol–water partition coefficient (Wildman–Crippen LogP) is 2.70. The molecule has 3 aliphatic rings. The number of amides is 1. The number of hydrogen-bond donors (Lipinski definition) is 1. The summed E-state index contributed by atoms with van der Waals surface area (Å²) in [5.41, 5.74) is -0.874. The van der Waals surface area contributed by atoms with Crippen LogP contribution in [-0.4, -0.2) is 36.7 Å². The summed E-state index contributed by atoms with van der Waals surface area (Å²) in [6, 6.07) is 0.636. The van der Waals surface area contributed by atoms with Gasteiger partial charge < -0.3 is 4.74 Å². The number of nitrogens with zero attached hydrogens (tertiary/aromatic N) is 1. The molecule has 1 aromatic carbocycles. The fourth-order valence-corrected chi connectivity index (χ4v) is 3.12. The van der Waals surface area contributed by atoms with E-state index in [0.29, 0.717) is 6.54 Å². The lowest BCUT2D eigenvalue weighted by Crippen LogP contribution is -2.53. The Hall–Kier alpha value is -1.76. The molecule has 0 aromatic heterocycles. The summed E-state index contributed by atoms with van der Waals surface area (Å²) in [7, 11) is 0. The molecule has 0 spiro atoms. The zero-order valence-corrected chi connectivity index (χ0v) is 11.9. The van der Waals surface area contributed by atoms with Gasteiger partial charge in [-0.2, -0.15) is 8.78 Å². The van der Waals surface area contributed by atoms with Crippen molar-refractivity contribution in [1.29, 1.82) is 0 Å². The smallest absolute Gasteiger partial charge is 0.412 e. The summed E-state index contributed by atoms with van der Waals surface area (Å²) in [6.07, 6.45) is 0.217. The number of rotatable bonds is 3. The monoisotopic (exact) mass is 314 g/mol. The van der Waals surface area contributed by atoms with Gasteiger partial charge in [0.05, 0.1) is 5.56 Å². The van der Waals surface area contributed by atoms with Gasteiger partial charge in [0.25, 0.3) is 0 Å². The number of piperidine rings is 3. The van der Waals surface area contributed by atoms with Gasteiger partial charge in [-0.3, -0.25) is 10.2 Å². The van der Waals surface area contributed by atoms with Crippen LogP contribution in [0.4, 0.5) is 18.0 Å². The fraction of sp³-hybridized carbons (Fsp3) is 0.533. The summed E-state index contributed by atoms with van der Waals surface area (Å²) in [5.74, 6) is -0.853. The first-order valence-electron chi connectivity index (χ1n) is 7.30. The van der Waals surface area contributed by atoms with Gasteiger partial charge in [0.1, 0.15) is 11.9 Å². The number of carbonyl (C=O) groups excluding carboxylic acids is 1. The van der Waals surface area contributed by atoms with Gasteiger partial charge in [0.2, 0.25) is 0 Å². The summed E-state index contributed by atoms with van der Waals surface area (Å²) in [4.78, 5) is 13.9. The molecule has 1 unspecified atom stereocenters. The third-order valence-corrected chi connectivity index (χ3v) is 4.33. The van der Waals surface area contributed by atoms with E-state index in [1.54, 1.807) is 0 Å². The third kappa shape index (κ3) is 3.04. The summed E-state index contributed by atoms with van der Waals surface area (Å²) >= 11 is 0. The van der Waals surface area contributed by atoms with Crippen molar-refractivity contribution >= 4 is 6.09 Å². The van der Waals surface area contributed by atoms with Crippen molar-refractivity contribution < 1.29 is 22.7 Å². The van der Waals surface area contributed by atoms with E-state index in [0.717, 1.165) is 38.1 Å². The number of hydrogen-bond acceptors (Lipinski definition) is 3. The molecule has 0 aliphatic carbocycles. The van der Waals surface area contributed by atoms with Crippen molar-refractivity contribution in [1.82, 2.24) is 10.2 Å². The molecular formula is C15H17F3N2O2. The molecule has 4 nitrogen and oxygen atoms in total. The Morgan fingerprint density at radius 1 is 1.27 bits per heavy atom. The summed E-state index contributed by atoms with van der Waals surface area (Å²) in [5, 5.41) is 1.47. The van der Waals surface area contributed by atoms with E-state index >= 15 is 0 Å². The lowest BCUT2D eigenvalue weighted by Gasteiger charge is -2.43. The number of nitrogens with one attached hydrogen (secondary N) is 1. The SMILES string of the molecule is O=C(NC(F)(F)c1ccccc1F)OC1CN2CCC1CC2. The van der Waals surface area contributed by atoms with Crippen LogP contribution in [0, 0.1) is 11.7 Å². The average molecular weight is 314 g/mol. The van der Waals surface area contributed by atoms with E-state index in [2.05, 4.69) is 4.90 Å². The zero-order valence-electron chi connectivity index (χ0n) is 11.9. The number of carbonyl (C=O) groups is 1. The van der Waals surface area contributed by atoms with Crippen LogP contribution in [0.1, 0.15) is 18.4 Å². The predicted molar refractivity (Wildman–Crippen MR) is 72.9 cm³/mol. The maximum atomic E-state index is 13.9. The molecule has 3 aliphatic heterocycles. The van der Waals surface area contributed by atoms with Crippen molar-refractivity contribution in [2.45, 2.75) is 25.0 Å². The van der Waals surface area contributed by atoms with Crippen molar-refractivity contribution in [2.24, 2.45) is 5.92 Å². The second kappa shape index (κ2) is 5.79. The molecule has 1 amide bonds. The maximum Gasteiger partial charge on any atom is 0.412 e. The number of alkyl carbamates (subject to hydrolysis) is 1. The molecule has 4 rings (SSSR count). The third-order valence-electron chi connectivity index (χ3n) is 4.33. The molecule has 3 heterocycles. The van der Waals surface area contributed by atoms with E-state index in [1.807, 2.05) is 0 Å². The van der Waals surface area contributed by atoms with Crippen molar-refractivity contribution in [3.63, 3.8) is 0 Å². The number of alkyl halides is 2. The molecule has 1 aromatic rings. The minimum absolute atomic E-state index is 0.220. The van der Waals surface area contributed by atoms with E-state index in [1.165, 1.54) is 17.4 Å². The van der Waals surface area contributed by atoms with Gasteiger partial charge in [-0.25, -0.2) is 9.18 Å². The highest BCUT2D eigenvalue weighted by atomic mass is 19.3. The summed E-state index contributed by atoms with van der Waals surface area (Å²) < 4.78 is 46.5. The Balaban J connectivity index is 1.63. The molecule has 120 valence electrons. The largest absolute Gasteiger partial charge is 0.444 e. The Morgan fingerprint density at radius 2 is 1.95 bits per heavy atom. The van der Waals surface area contributed by atoms with Crippen LogP contribution >= 0.6 is 0 Å². The molecule has 3 saturated heterocycles. The van der Waals surface area contributed by atoms with Gasteiger partial charge in [0.15, 0.2) is 0 Å². The molecular weight excluding hydrogens is 297 g/mol. The number of halogens is 3. The van der Waals surface area contributed by atoms with Crippen molar-refractivity contribution in [3.8, 4) is 0 Å². The molecule has 3 fully saturated rings. The van der Waals surface area contributed by atoms with Crippen LogP contribution in [0.5, 0.6) is 0 Å². The van der Waals surface area contributed by atoms with E-state index < -0.39 is 23.5 Å². The molecule has 7 heteroatoms. The number of benzene rings is 1. The first-order valence-corrected chi connectivity index (χ1v) is 7.30. The van der Waals surface area contributed by atoms with E-state index in [9.17, 15) is 18.0 Å². The van der Waals surface area contributed by atoms with Gasteiger partial charge in [0, 0.05) is 6.54 Å². The van der Waals surface area contributed by atoms with Crippen molar-refractivity contribution in [2.75, 3.05) is 19.6 Å². The van der Waals surface area contributed by atoms with Crippen LogP contribution in [0.15, 0.2) is 24.3 Å². The molecule has 2 bridgehead atoms. The number of fused-ring (bicyclic) bond motifs is 3. The average Bonchev–Trinajstić information content (AvgIpc) is 2.48. The topological polar surface area (TPSA) is 41.6 Å². The Kier molecular flexibility index (Phi) is 3.99. The van der Waals surface area contributed by atoms with Gasteiger partial charge in [-0.05, 0) is 44.0 Å². The highest BCUT2D eigenvalue weighted by Crippen LogP contribution is 2.31. The van der Waals surface area contributed by atoms with Crippen LogP contribution < -0.4 is 5.32 Å². The van der Waals surface area contributed by atoms with Gasteiger partial charge in [-0.1, -0.05) is 12.1 Å². The van der Waals surface area contributed by atoms with E-state index in [4.69, 9.17) is 4.74 Å². The first-order chi connectivity index (χ1) is 10.5. The number of ether oxygens (including phenoxy) is 1. The quantitative estimate of drug-likeness (QED) is 0.872. The minimum Gasteiger partial charge on any atom is -0.444 e. The highest BCUT2D eigenvalue weighted by Gasteiger charge is 2.40. The molecule has 0 radical (unpaired) electrons. The summed E-state index contributed by atoms with van der Waals surface area (Å²) in [6.45, 7) is 2.48. The Morgan fingerprint density at radius 3 is 2.55 bits per heavy atom. The molecule has 0 saturated carbocycles. The normalized spacial score (nSPS) is 27.5.